The van der Waals surface area contributed by atoms with Crippen LogP contribution in [0.2, 0.25) is 0 Å². The monoisotopic (exact) mass is 423 g/mol. The molecule has 0 aliphatic heterocycles. The normalized spacial score (nSPS) is 14.3. The summed E-state index contributed by atoms with van der Waals surface area (Å²) in [5.41, 5.74) is 0.523. The lowest BCUT2D eigenvalue weighted by Crippen LogP contribution is -2.37. The Labute approximate surface area is 127 Å². The van der Waals surface area contributed by atoms with E-state index in [0.717, 1.165) is 16.4 Å². The van der Waals surface area contributed by atoms with Gasteiger partial charge in [0.2, 0.25) is 0 Å². The third kappa shape index (κ3) is 3.23. The Morgan fingerprint density at radius 2 is 2.11 bits per heavy atom. The van der Waals surface area contributed by atoms with Crippen LogP contribution >= 0.6 is 38.5 Å². The zero-order chi connectivity index (χ0) is 13.3. The van der Waals surface area contributed by atoms with Gasteiger partial charge in [0.1, 0.15) is 6.54 Å². The van der Waals surface area contributed by atoms with Gasteiger partial charge in [0.05, 0.1) is 5.56 Å². The van der Waals surface area contributed by atoms with Crippen molar-refractivity contribution in [3.05, 3.63) is 31.8 Å². The van der Waals surface area contributed by atoms with E-state index < -0.39 is 5.97 Å². The Hall–Kier alpha value is -0.630. The first-order chi connectivity index (χ1) is 8.49. The number of carbonyl (C=O) groups is 2. The van der Waals surface area contributed by atoms with Gasteiger partial charge in [-0.3, -0.25) is 9.59 Å². The molecule has 1 fully saturated rings. The smallest absolute Gasteiger partial charge is 0.323 e. The summed E-state index contributed by atoms with van der Waals surface area (Å²) in [4.78, 5) is 24.6. The second kappa shape index (κ2) is 5.56. The van der Waals surface area contributed by atoms with E-state index >= 15 is 0 Å². The van der Waals surface area contributed by atoms with Crippen molar-refractivity contribution in [3.8, 4) is 0 Å². The van der Waals surface area contributed by atoms with Crippen LogP contribution in [0.4, 0.5) is 0 Å². The van der Waals surface area contributed by atoms with E-state index in [1.807, 2.05) is 6.07 Å². The molecule has 0 heterocycles. The van der Waals surface area contributed by atoms with Gasteiger partial charge in [0.15, 0.2) is 0 Å². The molecule has 96 valence electrons. The van der Waals surface area contributed by atoms with Gasteiger partial charge in [-0.05, 0) is 69.6 Å². The number of carboxylic acid groups (broad SMARTS) is 1. The van der Waals surface area contributed by atoms with E-state index in [1.54, 1.807) is 12.1 Å². The minimum atomic E-state index is -0.975. The quantitative estimate of drug-likeness (QED) is 0.757. The Bertz CT molecular complexity index is 502. The fourth-order valence-electron chi connectivity index (χ4n) is 1.71. The molecular formula is C12H11BrINO3. The highest BCUT2D eigenvalue weighted by molar-refractivity contribution is 14.1. The van der Waals surface area contributed by atoms with E-state index in [1.165, 1.54) is 4.90 Å². The topological polar surface area (TPSA) is 57.6 Å². The fraction of sp³-hybridized carbons (Fsp3) is 0.333. The molecule has 1 aromatic carbocycles. The Balaban J connectivity index is 2.27. The molecule has 6 heteroatoms. The van der Waals surface area contributed by atoms with E-state index in [4.69, 9.17) is 5.11 Å². The summed E-state index contributed by atoms with van der Waals surface area (Å²) in [6.07, 6.45) is 1.78. The van der Waals surface area contributed by atoms with Gasteiger partial charge in [0.25, 0.3) is 5.91 Å². The molecule has 0 radical (unpaired) electrons. The minimum Gasteiger partial charge on any atom is -0.480 e. The van der Waals surface area contributed by atoms with Gasteiger partial charge in [0, 0.05) is 14.1 Å². The first-order valence-corrected chi connectivity index (χ1v) is 7.34. The fourth-order valence-corrected chi connectivity index (χ4v) is 2.62. The zero-order valence-electron chi connectivity index (χ0n) is 9.40. The highest BCUT2D eigenvalue weighted by Gasteiger charge is 2.34. The van der Waals surface area contributed by atoms with Crippen LogP contribution in [-0.2, 0) is 4.79 Å². The van der Waals surface area contributed by atoms with Crippen LogP contribution in [0.1, 0.15) is 23.2 Å². The van der Waals surface area contributed by atoms with Gasteiger partial charge >= 0.3 is 5.97 Å². The lowest BCUT2D eigenvalue weighted by molar-refractivity contribution is -0.137. The Morgan fingerprint density at radius 3 is 2.67 bits per heavy atom. The maximum atomic E-state index is 12.4. The summed E-state index contributed by atoms with van der Waals surface area (Å²) in [6.45, 7) is -0.235. The number of benzene rings is 1. The predicted octanol–water partition coefficient (Wildman–Crippen LogP) is 2.74. The number of carbonyl (C=O) groups excluding carboxylic acids is 1. The summed E-state index contributed by atoms with van der Waals surface area (Å²) < 4.78 is 1.65. The number of halogens is 2. The highest BCUT2D eigenvalue weighted by Crippen LogP contribution is 2.30. The number of aliphatic carboxylic acids is 1. The highest BCUT2D eigenvalue weighted by atomic mass is 127. The molecule has 18 heavy (non-hydrogen) atoms. The van der Waals surface area contributed by atoms with Gasteiger partial charge in [-0.15, -0.1) is 0 Å². The van der Waals surface area contributed by atoms with Crippen molar-refractivity contribution in [2.75, 3.05) is 6.54 Å². The van der Waals surface area contributed by atoms with Crippen LogP contribution in [0.5, 0.6) is 0 Å². The molecule has 1 aliphatic carbocycles. The van der Waals surface area contributed by atoms with Crippen molar-refractivity contribution in [2.24, 2.45) is 0 Å². The summed E-state index contributed by atoms with van der Waals surface area (Å²) in [7, 11) is 0. The molecule has 0 saturated heterocycles. The van der Waals surface area contributed by atoms with Gasteiger partial charge in [-0.1, -0.05) is 0 Å². The molecule has 0 aromatic heterocycles. The Morgan fingerprint density at radius 1 is 1.44 bits per heavy atom. The van der Waals surface area contributed by atoms with Crippen LogP contribution in [0.15, 0.2) is 22.7 Å². The average Bonchev–Trinajstić information content (AvgIpc) is 3.12. The van der Waals surface area contributed by atoms with Crippen LogP contribution in [0.3, 0.4) is 0 Å². The summed E-state index contributed by atoms with van der Waals surface area (Å²) in [5.74, 6) is -1.19. The molecular weight excluding hydrogens is 413 g/mol. The molecule has 2 rings (SSSR count). The van der Waals surface area contributed by atoms with Crippen molar-refractivity contribution in [2.45, 2.75) is 18.9 Å². The second-order valence-electron chi connectivity index (χ2n) is 4.18. The first-order valence-electron chi connectivity index (χ1n) is 5.47. The molecule has 1 aromatic rings. The maximum Gasteiger partial charge on any atom is 0.323 e. The molecule has 0 bridgehead atoms. The molecule has 0 unspecified atom stereocenters. The number of carboxylic acids is 1. The van der Waals surface area contributed by atoms with Gasteiger partial charge in [-0.2, -0.15) is 0 Å². The molecule has 1 aliphatic rings. The molecule has 1 N–H and O–H groups in total. The van der Waals surface area contributed by atoms with Crippen LogP contribution in [0.25, 0.3) is 0 Å². The van der Waals surface area contributed by atoms with E-state index in [-0.39, 0.29) is 18.5 Å². The van der Waals surface area contributed by atoms with Crippen molar-refractivity contribution >= 4 is 50.4 Å². The first kappa shape index (κ1) is 13.8. The molecule has 0 spiro atoms. The van der Waals surface area contributed by atoms with E-state index in [9.17, 15) is 9.59 Å². The second-order valence-corrected chi connectivity index (χ2v) is 6.28. The van der Waals surface area contributed by atoms with E-state index in [0.29, 0.717) is 10.0 Å². The van der Waals surface area contributed by atoms with Crippen molar-refractivity contribution in [1.29, 1.82) is 0 Å². The molecule has 1 amide bonds. The number of nitrogens with zero attached hydrogens (tertiary/aromatic N) is 1. The largest absolute Gasteiger partial charge is 0.480 e. The number of amides is 1. The number of hydrogen-bond acceptors (Lipinski definition) is 2. The summed E-state index contributed by atoms with van der Waals surface area (Å²) in [5, 5.41) is 8.87. The lowest BCUT2D eigenvalue weighted by atomic mass is 10.2. The summed E-state index contributed by atoms with van der Waals surface area (Å²) in [6, 6.07) is 5.55. The van der Waals surface area contributed by atoms with Crippen LogP contribution in [-0.4, -0.2) is 34.5 Å². The van der Waals surface area contributed by atoms with Crippen LogP contribution < -0.4 is 0 Å². The van der Waals surface area contributed by atoms with Gasteiger partial charge in [-0.25, -0.2) is 0 Å². The van der Waals surface area contributed by atoms with Crippen LogP contribution in [0, 0.1) is 3.57 Å². The van der Waals surface area contributed by atoms with Crippen molar-refractivity contribution in [1.82, 2.24) is 4.90 Å². The molecule has 1 saturated carbocycles. The Kier molecular flexibility index (Phi) is 4.26. The van der Waals surface area contributed by atoms with Crippen molar-refractivity contribution < 1.29 is 14.7 Å². The van der Waals surface area contributed by atoms with Gasteiger partial charge < -0.3 is 10.0 Å². The maximum absolute atomic E-state index is 12.4. The minimum absolute atomic E-state index is 0.0818. The molecule has 0 atom stereocenters. The number of rotatable bonds is 4. The molecule has 4 nitrogen and oxygen atoms in total. The standard InChI is InChI=1S/C12H11BrINO3/c13-10-4-1-7(14)5-9(10)12(18)15(6-11(16)17)8-2-3-8/h1,4-5,8H,2-3,6H2,(H,16,17). The van der Waals surface area contributed by atoms with Crippen molar-refractivity contribution in [3.63, 3.8) is 0 Å². The predicted molar refractivity (Wildman–Crippen MR) is 78.6 cm³/mol. The SMILES string of the molecule is O=C(O)CN(C(=O)c1cc(I)ccc1Br)C1CC1. The van der Waals surface area contributed by atoms with E-state index in [2.05, 4.69) is 38.5 Å². The summed E-state index contributed by atoms with van der Waals surface area (Å²) >= 11 is 5.47. The lowest BCUT2D eigenvalue weighted by Gasteiger charge is -2.21. The zero-order valence-corrected chi connectivity index (χ0v) is 13.1. The number of hydrogen-bond donors (Lipinski definition) is 1. The third-order valence-electron chi connectivity index (χ3n) is 2.71. The third-order valence-corrected chi connectivity index (χ3v) is 4.08. The average molecular weight is 424 g/mol.